The third-order valence-corrected chi connectivity index (χ3v) is 4.57. The van der Waals surface area contributed by atoms with Gasteiger partial charge in [0.2, 0.25) is 5.37 Å². The van der Waals surface area contributed by atoms with Crippen LogP contribution in [0, 0.1) is 0 Å². The van der Waals surface area contributed by atoms with Crippen molar-refractivity contribution in [3.8, 4) is 0 Å². The number of hydrogen-bond acceptors (Lipinski definition) is 6. The Hall–Kier alpha value is -1.96. The number of amides is 1. The zero-order valence-electron chi connectivity index (χ0n) is 11.7. The van der Waals surface area contributed by atoms with Crippen LogP contribution in [0.2, 0.25) is 5.02 Å². The monoisotopic (exact) mass is 362 g/mol. The van der Waals surface area contributed by atoms with Crippen LogP contribution in [0.25, 0.3) is 0 Å². The zero-order valence-corrected chi connectivity index (χ0v) is 14.1. The minimum atomic E-state index is -0.686. The van der Waals surface area contributed by atoms with E-state index < -0.39 is 5.37 Å². The topological polar surface area (TPSA) is 57.1 Å². The van der Waals surface area contributed by atoms with Crippen molar-refractivity contribution in [3.63, 3.8) is 0 Å². The molecule has 3 rings (SSSR count). The fourth-order valence-corrected chi connectivity index (χ4v) is 3.11. The van der Waals surface area contributed by atoms with Crippen molar-refractivity contribution >= 4 is 57.2 Å². The summed E-state index contributed by atoms with van der Waals surface area (Å²) < 4.78 is 0.416. The lowest BCUT2D eigenvalue weighted by Gasteiger charge is -2.17. The van der Waals surface area contributed by atoms with Gasteiger partial charge in [-0.3, -0.25) is 10.2 Å². The molecule has 0 bridgehead atoms. The van der Waals surface area contributed by atoms with Crippen LogP contribution >= 0.6 is 35.6 Å². The molecule has 0 radical (unpaired) electrons. The normalized spacial score (nSPS) is 18.0. The Kier molecular flexibility index (Phi) is 4.90. The molecule has 0 aromatic heterocycles. The number of carbonyl (C=O) groups is 1. The third kappa shape index (κ3) is 3.87. The van der Waals surface area contributed by atoms with Gasteiger partial charge in [-0.2, -0.15) is 10.2 Å². The number of thiocarbonyl (C=S) groups is 1. The summed E-state index contributed by atoms with van der Waals surface area (Å²) >= 11 is 12.2. The number of anilines is 1. The highest BCUT2D eigenvalue weighted by Crippen LogP contribution is 2.30. The Bertz CT molecular complexity index is 752. The van der Waals surface area contributed by atoms with E-state index in [-0.39, 0.29) is 5.91 Å². The van der Waals surface area contributed by atoms with Gasteiger partial charge < -0.3 is 0 Å². The van der Waals surface area contributed by atoms with Crippen LogP contribution in [0.5, 0.6) is 0 Å². The third-order valence-electron chi connectivity index (χ3n) is 2.95. The van der Waals surface area contributed by atoms with Crippen LogP contribution in [0.4, 0.5) is 11.4 Å². The number of rotatable bonds is 4. The van der Waals surface area contributed by atoms with Crippen LogP contribution < -0.4 is 5.43 Å². The van der Waals surface area contributed by atoms with E-state index >= 15 is 0 Å². The molecule has 5 nitrogen and oxygen atoms in total. The van der Waals surface area contributed by atoms with Gasteiger partial charge in [0.05, 0.1) is 11.4 Å². The quantitative estimate of drug-likeness (QED) is 0.636. The Labute approximate surface area is 147 Å². The lowest BCUT2D eigenvalue weighted by atomic mass is 10.3. The molecular formula is C15H11ClN4OS2. The van der Waals surface area contributed by atoms with E-state index in [0.29, 0.717) is 15.0 Å². The maximum Gasteiger partial charge on any atom is 0.284 e. The molecule has 8 heteroatoms. The first kappa shape index (κ1) is 15.9. The van der Waals surface area contributed by atoms with Crippen LogP contribution in [-0.4, -0.2) is 20.6 Å². The highest BCUT2D eigenvalue weighted by atomic mass is 35.5. The summed E-state index contributed by atoms with van der Waals surface area (Å²) in [6.07, 6.45) is 0. The molecule has 116 valence electrons. The number of nitrogens with one attached hydrogen (secondary N) is 1. The summed E-state index contributed by atoms with van der Waals surface area (Å²) in [5.74, 6) is -0.249. The van der Waals surface area contributed by atoms with Crippen LogP contribution in [0.1, 0.15) is 0 Å². The molecule has 1 fully saturated rings. The number of halogens is 1. The standard InChI is InChI=1S/C15H11ClN4OS2/c16-10-6-8-11(9-7-10)17-18-13-14(21)20(15(22)23-13)19-12-4-2-1-3-5-12/h1-9,13,19H. The number of nitrogens with zero attached hydrogens (tertiary/aromatic N) is 3. The van der Waals surface area contributed by atoms with Crippen molar-refractivity contribution < 1.29 is 4.79 Å². The molecule has 2 aromatic carbocycles. The van der Waals surface area contributed by atoms with Gasteiger partial charge in [-0.15, -0.1) is 0 Å². The maximum absolute atomic E-state index is 12.4. The first-order valence-corrected chi connectivity index (χ1v) is 8.33. The lowest BCUT2D eigenvalue weighted by Crippen LogP contribution is -2.35. The molecule has 1 atom stereocenters. The molecule has 1 N–H and O–H groups in total. The molecule has 1 aliphatic rings. The summed E-state index contributed by atoms with van der Waals surface area (Å²) in [5.41, 5.74) is 4.38. The number of azo groups is 1. The predicted molar refractivity (Wildman–Crippen MR) is 96.9 cm³/mol. The van der Waals surface area contributed by atoms with Crippen LogP contribution in [0.15, 0.2) is 64.8 Å². The number of hydrazine groups is 1. The number of para-hydroxylation sites is 1. The first-order valence-electron chi connectivity index (χ1n) is 6.66. The average molecular weight is 363 g/mol. The van der Waals surface area contributed by atoms with Gasteiger partial charge in [-0.05, 0) is 36.4 Å². The van der Waals surface area contributed by atoms with E-state index in [1.165, 1.54) is 16.8 Å². The van der Waals surface area contributed by atoms with Crippen molar-refractivity contribution in [3.05, 3.63) is 59.6 Å². The first-order chi connectivity index (χ1) is 11.1. The molecule has 0 aliphatic carbocycles. The van der Waals surface area contributed by atoms with E-state index in [2.05, 4.69) is 15.7 Å². The average Bonchev–Trinajstić information content (AvgIpc) is 2.83. The predicted octanol–water partition coefficient (Wildman–Crippen LogP) is 4.64. The summed E-state index contributed by atoms with van der Waals surface area (Å²) in [4.78, 5) is 12.4. The summed E-state index contributed by atoms with van der Waals surface area (Å²) in [6.45, 7) is 0. The number of carbonyl (C=O) groups excluding carboxylic acids is 1. The second kappa shape index (κ2) is 7.08. The van der Waals surface area contributed by atoms with Crippen molar-refractivity contribution in [1.29, 1.82) is 0 Å². The summed E-state index contributed by atoms with van der Waals surface area (Å²) in [7, 11) is 0. The van der Waals surface area contributed by atoms with Gasteiger partial charge >= 0.3 is 0 Å². The minimum Gasteiger partial charge on any atom is -0.290 e. The van der Waals surface area contributed by atoms with Gasteiger partial charge in [0.1, 0.15) is 0 Å². The lowest BCUT2D eigenvalue weighted by molar-refractivity contribution is -0.125. The second-order valence-electron chi connectivity index (χ2n) is 4.58. The van der Waals surface area contributed by atoms with E-state index in [0.717, 1.165) is 5.69 Å². The summed E-state index contributed by atoms with van der Waals surface area (Å²) in [5, 5.41) is 9.39. The van der Waals surface area contributed by atoms with Crippen molar-refractivity contribution in [1.82, 2.24) is 5.01 Å². The smallest absolute Gasteiger partial charge is 0.284 e. The highest BCUT2D eigenvalue weighted by Gasteiger charge is 2.37. The van der Waals surface area contributed by atoms with Crippen LogP contribution in [0.3, 0.4) is 0 Å². The maximum atomic E-state index is 12.4. The molecule has 1 heterocycles. The van der Waals surface area contributed by atoms with Gasteiger partial charge in [0, 0.05) is 5.02 Å². The fourth-order valence-electron chi connectivity index (χ4n) is 1.84. The Balaban J connectivity index is 1.69. The Morgan fingerprint density at radius 3 is 2.52 bits per heavy atom. The molecule has 23 heavy (non-hydrogen) atoms. The molecule has 1 amide bonds. The number of hydrogen-bond donors (Lipinski definition) is 1. The van der Waals surface area contributed by atoms with Crippen molar-refractivity contribution in [2.24, 2.45) is 10.2 Å². The second-order valence-corrected chi connectivity index (χ2v) is 6.73. The fraction of sp³-hybridized carbons (Fsp3) is 0.0667. The molecule has 0 spiro atoms. The molecule has 1 saturated heterocycles. The van der Waals surface area contributed by atoms with Gasteiger partial charge in [-0.25, -0.2) is 5.01 Å². The summed E-state index contributed by atoms with van der Waals surface area (Å²) in [6, 6.07) is 16.2. The molecule has 1 aliphatic heterocycles. The van der Waals surface area contributed by atoms with Gasteiger partial charge in [0.25, 0.3) is 5.91 Å². The molecule has 1 unspecified atom stereocenters. The van der Waals surface area contributed by atoms with Crippen molar-refractivity contribution in [2.45, 2.75) is 5.37 Å². The van der Waals surface area contributed by atoms with E-state index in [4.69, 9.17) is 23.8 Å². The van der Waals surface area contributed by atoms with E-state index in [9.17, 15) is 4.79 Å². The van der Waals surface area contributed by atoms with Gasteiger partial charge in [0.15, 0.2) is 4.32 Å². The van der Waals surface area contributed by atoms with Gasteiger partial charge in [-0.1, -0.05) is 53.8 Å². The molecular weight excluding hydrogens is 352 g/mol. The van der Waals surface area contributed by atoms with Crippen LogP contribution in [-0.2, 0) is 4.79 Å². The highest BCUT2D eigenvalue weighted by molar-refractivity contribution is 8.24. The Morgan fingerprint density at radius 2 is 1.83 bits per heavy atom. The zero-order chi connectivity index (χ0) is 16.2. The number of benzene rings is 2. The molecule has 0 saturated carbocycles. The number of thioether (sulfide) groups is 1. The largest absolute Gasteiger partial charge is 0.290 e. The van der Waals surface area contributed by atoms with Crippen molar-refractivity contribution in [2.75, 3.05) is 5.43 Å². The van der Waals surface area contributed by atoms with E-state index in [1.807, 2.05) is 30.3 Å². The van der Waals surface area contributed by atoms with E-state index in [1.54, 1.807) is 24.3 Å². The minimum absolute atomic E-state index is 0.249. The SMILES string of the molecule is O=C1C(N=Nc2ccc(Cl)cc2)SC(=S)N1Nc1ccccc1. The Morgan fingerprint density at radius 1 is 1.13 bits per heavy atom. The molecule has 2 aromatic rings.